The number of hydrogen-bond acceptors (Lipinski definition) is 2. The quantitative estimate of drug-likeness (QED) is 0.657. The lowest BCUT2D eigenvalue weighted by atomic mass is 10.1. The van der Waals surface area contributed by atoms with Crippen LogP contribution in [0.5, 0.6) is 0 Å². The molecule has 2 rings (SSSR count). The molecule has 20 heavy (non-hydrogen) atoms. The molecule has 1 aromatic carbocycles. The molecule has 2 aromatic rings. The van der Waals surface area contributed by atoms with Crippen molar-refractivity contribution in [1.29, 1.82) is 0 Å². The van der Waals surface area contributed by atoms with Gasteiger partial charge in [-0.15, -0.1) is 11.3 Å². The van der Waals surface area contributed by atoms with E-state index in [0.717, 1.165) is 28.4 Å². The Hall–Kier alpha value is 0.0400. The summed E-state index contributed by atoms with van der Waals surface area (Å²) in [6.45, 7) is 2.86. The highest BCUT2D eigenvalue weighted by molar-refractivity contribution is 7.20. The van der Waals surface area contributed by atoms with Crippen LogP contribution in [0.1, 0.15) is 24.1 Å². The first-order valence-corrected chi connectivity index (χ1v) is 8.42. The highest BCUT2D eigenvalue weighted by Crippen LogP contribution is 2.34. The topological polar surface area (TPSA) is 12.0 Å². The summed E-state index contributed by atoms with van der Waals surface area (Å²) in [7, 11) is 0. The molecule has 0 aliphatic heterocycles. The Morgan fingerprint density at radius 3 is 2.50 bits per heavy atom. The summed E-state index contributed by atoms with van der Waals surface area (Å²) in [4.78, 5) is 0. The van der Waals surface area contributed by atoms with Crippen LogP contribution in [0.3, 0.4) is 0 Å². The van der Waals surface area contributed by atoms with Crippen molar-refractivity contribution < 1.29 is 0 Å². The third-order valence-electron chi connectivity index (χ3n) is 3.01. The Morgan fingerprint density at radius 2 is 1.90 bits per heavy atom. The van der Waals surface area contributed by atoms with Gasteiger partial charge in [0, 0.05) is 16.1 Å². The molecular formula is C14H13Cl4NS. The summed E-state index contributed by atoms with van der Waals surface area (Å²) in [5, 5.41) is 4.77. The average Bonchev–Trinajstić information content (AvgIpc) is 2.71. The summed E-state index contributed by atoms with van der Waals surface area (Å²) in [6.07, 6.45) is 0.829. The van der Waals surface area contributed by atoms with Crippen molar-refractivity contribution in [2.24, 2.45) is 0 Å². The maximum Gasteiger partial charge on any atom is 0.0991 e. The van der Waals surface area contributed by atoms with Gasteiger partial charge in [-0.25, -0.2) is 0 Å². The smallest absolute Gasteiger partial charge is 0.0991 e. The molecule has 1 N–H and O–H groups in total. The van der Waals surface area contributed by atoms with Crippen molar-refractivity contribution in [2.45, 2.75) is 19.4 Å². The van der Waals surface area contributed by atoms with Crippen molar-refractivity contribution in [1.82, 2.24) is 5.32 Å². The van der Waals surface area contributed by atoms with Crippen LogP contribution in [0, 0.1) is 0 Å². The Morgan fingerprint density at radius 1 is 1.15 bits per heavy atom. The zero-order valence-electron chi connectivity index (χ0n) is 10.7. The lowest BCUT2D eigenvalue weighted by molar-refractivity contribution is 0.578. The molecular weight excluding hydrogens is 356 g/mol. The van der Waals surface area contributed by atoms with E-state index in [9.17, 15) is 0 Å². The van der Waals surface area contributed by atoms with E-state index in [4.69, 9.17) is 46.4 Å². The largest absolute Gasteiger partial charge is 0.310 e. The highest BCUT2D eigenvalue weighted by atomic mass is 35.5. The maximum absolute atomic E-state index is 6.14. The van der Waals surface area contributed by atoms with E-state index in [1.165, 1.54) is 11.3 Å². The third-order valence-corrected chi connectivity index (χ3v) is 5.11. The molecule has 0 aliphatic rings. The van der Waals surface area contributed by atoms with Gasteiger partial charge >= 0.3 is 0 Å². The number of hydrogen-bond donors (Lipinski definition) is 1. The second kappa shape index (κ2) is 7.35. The normalized spacial score (nSPS) is 12.7. The van der Waals surface area contributed by atoms with Crippen molar-refractivity contribution in [2.75, 3.05) is 6.54 Å². The predicted molar refractivity (Wildman–Crippen MR) is 90.9 cm³/mol. The van der Waals surface area contributed by atoms with Crippen LogP contribution in [0.15, 0.2) is 24.3 Å². The molecule has 0 spiro atoms. The number of halogens is 4. The summed E-state index contributed by atoms with van der Waals surface area (Å²) >= 11 is 25.5. The van der Waals surface area contributed by atoms with E-state index in [1.807, 2.05) is 18.2 Å². The van der Waals surface area contributed by atoms with Gasteiger partial charge in [-0.2, -0.15) is 0 Å². The van der Waals surface area contributed by atoms with Crippen LogP contribution in [-0.2, 0) is 6.42 Å². The fourth-order valence-corrected chi connectivity index (χ4v) is 4.05. The van der Waals surface area contributed by atoms with Gasteiger partial charge in [-0.1, -0.05) is 52.5 Å². The van der Waals surface area contributed by atoms with Crippen LogP contribution in [0.2, 0.25) is 18.7 Å². The molecule has 108 valence electrons. The standard InChI is InChI=1S/C14H13Cl4NS/c1-8(11-7-13(17)20-14(11)18)19-5-4-9-2-3-10(15)6-12(9)16/h2-3,6-8,19H,4-5H2,1H3. The Labute approximate surface area is 142 Å². The van der Waals surface area contributed by atoms with Crippen LogP contribution < -0.4 is 5.32 Å². The number of benzene rings is 1. The molecule has 0 saturated heterocycles. The second-order valence-electron chi connectivity index (χ2n) is 4.44. The van der Waals surface area contributed by atoms with Crippen LogP contribution in [0.25, 0.3) is 0 Å². The first kappa shape index (κ1) is 16.4. The molecule has 0 fully saturated rings. The summed E-state index contributed by atoms with van der Waals surface area (Å²) in [6, 6.07) is 7.61. The molecule has 0 saturated carbocycles. The fourth-order valence-electron chi connectivity index (χ4n) is 1.91. The minimum absolute atomic E-state index is 0.150. The number of nitrogens with one attached hydrogen (secondary N) is 1. The predicted octanol–water partition coefficient (Wildman–Crippen LogP) is 6.26. The first-order chi connectivity index (χ1) is 9.47. The molecule has 1 atom stereocenters. The lowest BCUT2D eigenvalue weighted by Crippen LogP contribution is -2.21. The van der Waals surface area contributed by atoms with E-state index in [-0.39, 0.29) is 6.04 Å². The van der Waals surface area contributed by atoms with E-state index >= 15 is 0 Å². The molecule has 0 aliphatic carbocycles. The third kappa shape index (κ3) is 4.27. The van der Waals surface area contributed by atoms with E-state index < -0.39 is 0 Å². The van der Waals surface area contributed by atoms with Crippen molar-refractivity contribution in [3.63, 3.8) is 0 Å². The van der Waals surface area contributed by atoms with Gasteiger partial charge in [-0.3, -0.25) is 0 Å². The maximum atomic E-state index is 6.14. The summed E-state index contributed by atoms with van der Waals surface area (Å²) in [5.41, 5.74) is 2.11. The van der Waals surface area contributed by atoms with E-state index in [2.05, 4.69) is 12.2 Å². The van der Waals surface area contributed by atoms with Gasteiger partial charge in [0.05, 0.1) is 8.67 Å². The van der Waals surface area contributed by atoms with Crippen molar-refractivity contribution in [3.05, 3.63) is 54.1 Å². The lowest BCUT2D eigenvalue weighted by Gasteiger charge is -2.13. The Kier molecular flexibility index (Phi) is 6.03. The molecule has 1 unspecified atom stereocenters. The molecule has 1 aromatic heterocycles. The molecule has 0 bridgehead atoms. The minimum Gasteiger partial charge on any atom is -0.310 e. The van der Waals surface area contributed by atoms with Gasteiger partial charge in [0.15, 0.2) is 0 Å². The second-order valence-corrected chi connectivity index (χ2v) is 7.57. The molecule has 0 radical (unpaired) electrons. The van der Waals surface area contributed by atoms with E-state index in [1.54, 1.807) is 6.07 Å². The van der Waals surface area contributed by atoms with Gasteiger partial charge in [0.1, 0.15) is 0 Å². The summed E-state index contributed by atoms with van der Waals surface area (Å²) < 4.78 is 1.44. The monoisotopic (exact) mass is 367 g/mol. The molecule has 0 amide bonds. The van der Waals surface area contributed by atoms with Crippen molar-refractivity contribution >= 4 is 57.7 Å². The van der Waals surface area contributed by atoms with Gasteiger partial charge < -0.3 is 5.32 Å². The van der Waals surface area contributed by atoms with Gasteiger partial charge in [-0.05, 0) is 49.2 Å². The van der Waals surface area contributed by atoms with Crippen LogP contribution in [0.4, 0.5) is 0 Å². The first-order valence-electron chi connectivity index (χ1n) is 6.09. The highest BCUT2D eigenvalue weighted by Gasteiger charge is 2.12. The minimum atomic E-state index is 0.150. The zero-order valence-corrected chi connectivity index (χ0v) is 14.6. The van der Waals surface area contributed by atoms with Gasteiger partial charge in [0.25, 0.3) is 0 Å². The summed E-state index contributed by atoms with van der Waals surface area (Å²) in [5.74, 6) is 0. The fraction of sp³-hybridized carbons (Fsp3) is 0.286. The molecule has 1 nitrogen and oxygen atoms in total. The van der Waals surface area contributed by atoms with E-state index in [0.29, 0.717) is 14.4 Å². The number of rotatable bonds is 5. The molecule has 6 heteroatoms. The van der Waals surface area contributed by atoms with Crippen molar-refractivity contribution in [3.8, 4) is 0 Å². The molecule has 1 heterocycles. The SMILES string of the molecule is CC(NCCc1ccc(Cl)cc1Cl)c1cc(Cl)sc1Cl. The Balaban J connectivity index is 1.91. The van der Waals surface area contributed by atoms with Gasteiger partial charge in [0.2, 0.25) is 0 Å². The number of thiophene rings is 1. The van der Waals surface area contributed by atoms with Crippen LogP contribution >= 0.6 is 57.7 Å². The Bertz CT molecular complexity index is 597. The average molecular weight is 369 g/mol. The zero-order chi connectivity index (χ0) is 14.7. The van der Waals surface area contributed by atoms with Crippen LogP contribution in [-0.4, -0.2) is 6.54 Å².